The van der Waals surface area contributed by atoms with Gasteiger partial charge in [-0.1, -0.05) is 0 Å². The Hall–Kier alpha value is -2.41. The first-order valence-electron chi connectivity index (χ1n) is 6.71. The highest BCUT2D eigenvalue weighted by atomic mass is 32.1. The van der Waals surface area contributed by atoms with E-state index >= 15 is 0 Å². The van der Waals surface area contributed by atoms with Crippen LogP contribution in [0.4, 0.5) is 0 Å². The van der Waals surface area contributed by atoms with Gasteiger partial charge in [0.2, 0.25) is 5.76 Å². The minimum atomic E-state index is -0.683. The monoisotopic (exact) mass is 318 g/mol. The summed E-state index contributed by atoms with van der Waals surface area (Å²) in [6.07, 6.45) is 0.711. The number of H-pyrrole nitrogens is 1. The Kier molecular flexibility index (Phi) is 3.58. The van der Waals surface area contributed by atoms with Crippen molar-refractivity contribution in [3.05, 3.63) is 50.8 Å². The van der Waals surface area contributed by atoms with Crippen LogP contribution in [0.3, 0.4) is 0 Å². The van der Waals surface area contributed by atoms with Crippen molar-refractivity contribution in [3.8, 4) is 0 Å². The average molecular weight is 318 g/mol. The lowest BCUT2D eigenvalue weighted by atomic mass is 10.2. The van der Waals surface area contributed by atoms with Gasteiger partial charge in [0.1, 0.15) is 4.83 Å². The molecule has 6 nitrogen and oxygen atoms in total. The highest BCUT2D eigenvalue weighted by molar-refractivity contribution is 7.18. The molecule has 7 heteroatoms. The lowest BCUT2D eigenvalue weighted by Crippen LogP contribution is -2.17. The van der Waals surface area contributed by atoms with Crippen molar-refractivity contribution in [1.82, 2.24) is 9.97 Å². The third kappa shape index (κ3) is 2.43. The van der Waals surface area contributed by atoms with Gasteiger partial charge in [-0.3, -0.25) is 4.79 Å². The first-order chi connectivity index (χ1) is 10.5. The van der Waals surface area contributed by atoms with Crippen molar-refractivity contribution in [3.63, 3.8) is 0 Å². The Morgan fingerprint density at radius 2 is 2.23 bits per heavy atom. The molecular formula is C15H14N2O4S. The molecule has 0 saturated carbocycles. The van der Waals surface area contributed by atoms with E-state index in [-0.39, 0.29) is 11.3 Å². The molecule has 0 aliphatic rings. The quantitative estimate of drug-likeness (QED) is 0.750. The summed E-state index contributed by atoms with van der Waals surface area (Å²) in [6, 6.07) is 3.12. The molecule has 0 aliphatic carbocycles. The van der Waals surface area contributed by atoms with Crippen LogP contribution < -0.4 is 5.56 Å². The van der Waals surface area contributed by atoms with Crippen LogP contribution in [-0.2, 0) is 4.74 Å². The number of aryl methyl sites for hydroxylation is 2. The zero-order valence-electron chi connectivity index (χ0n) is 12.3. The van der Waals surface area contributed by atoms with Crippen LogP contribution in [0.25, 0.3) is 10.2 Å². The molecule has 0 bridgehead atoms. The number of carbonyl (C=O) groups excluding carboxylic acids is 1. The van der Waals surface area contributed by atoms with E-state index in [1.165, 1.54) is 23.7 Å². The van der Waals surface area contributed by atoms with Crippen molar-refractivity contribution in [2.24, 2.45) is 0 Å². The molecule has 3 rings (SSSR count). The summed E-state index contributed by atoms with van der Waals surface area (Å²) in [6.45, 7) is 5.49. The minimum absolute atomic E-state index is 0.109. The molecule has 22 heavy (non-hydrogen) atoms. The number of furan rings is 1. The zero-order chi connectivity index (χ0) is 15.9. The summed E-state index contributed by atoms with van der Waals surface area (Å²) in [5.41, 5.74) is 0.711. The molecule has 0 spiro atoms. The predicted octanol–water partition coefficient (Wildman–Crippen LogP) is 3.11. The van der Waals surface area contributed by atoms with Crippen molar-refractivity contribution in [1.29, 1.82) is 0 Å². The van der Waals surface area contributed by atoms with Crippen LogP contribution in [-0.4, -0.2) is 15.9 Å². The van der Waals surface area contributed by atoms with Crippen molar-refractivity contribution in [2.75, 3.05) is 0 Å². The minimum Gasteiger partial charge on any atom is -0.457 e. The maximum atomic E-state index is 12.2. The summed E-state index contributed by atoms with van der Waals surface area (Å²) >= 11 is 1.45. The number of fused-ring (bicyclic) bond motifs is 1. The van der Waals surface area contributed by atoms with E-state index in [1.807, 2.05) is 13.8 Å². The number of hydrogen-bond acceptors (Lipinski definition) is 6. The smallest absolute Gasteiger partial charge is 0.374 e. The molecule has 3 aromatic rings. The normalized spacial score (nSPS) is 12.5. The highest BCUT2D eigenvalue weighted by Gasteiger charge is 2.20. The number of thiophene rings is 1. The molecule has 114 valence electrons. The Bertz CT molecular complexity index is 892. The van der Waals surface area contributed by atoms with Crippen LogP contribution in [0.5, 0.6) is 0 Å². The average Bonchev–Trinajstić information content (AvgIpc) is 3.08. The predicted molar refractivity (Wildman–Crippen MR) is 82.3 cm³/mol. The van der Waals surface area contributed by atoms with Gasteiger partial charge in [0, 0.05) is 4.88 Å². The Morgan fingerprint density at radius 1 is 1.45 bits per heavy atom. The maximum absolute atomic E-state index is 12.2. The number of carbonyl (C=O) groups is 1. The number of nitrogens with one attached hydrogen (secondary N) is 1. The molecule has 3 heterocycles. The van der Waals surface area contributed by atoms with Gasteiger partial charge in [-0.05, 0) is 38.5 Å². The topological polar surface area (TPSA) is 85.2 Å². The first-order valence-corrected chi connectivity index (χ1v) is 7.53. The molecule has 0 aliphatic heterocycles. The number of nitrogens with zero attached hydrogens (tertiary/aromatic N) is 1. The maximum Gasteiger partial charge on any atom is 0.374 e. The molecule has 0 unspecified atom stereocenters. The Balaban J connectivity index is 1.93. The highest BCUT2D eigenvalue weighted by Crippen LogP contribution is 2.27. The number of hydrogen-bond donors (Lipinski definition) is 1. The summed E-state index contributed by atoms with van der Waals surface area (Å²) < 4.78 is 10.2. The molecule has 3 aromatic heterocycles. The lowest BCUT2D eigenvalue weighted by molar-refractivity contribution is 0.0284. The molecule has 0 radical (unpaired) electrons. The Labute approximate surface area is 129 Å². The summed E-state index contributed by atoms with van der Waals surface area (Å²) in [4.78, 5) is 32.9. The van der Waals surface area contributed by atoms with Crippen molar-refractivity contribution >= 4 is 27.5 Å². The SMILES string of the molecule is Cc1sc2nc([C@H](C)OC(=O)c3ccco3)[nH]c(=O)c2c1C. The number of ether oxygens (including phenoxy) is 1. The first kappa shape index (κ1) is 14.5. The molecule has 0 aromatic carbocycles. The molecular weight excluding hydrogens is 304 g/mol. The molecule has 0 fully saturated rings. The third-order valence-corrected chi connectivity index (χ3v) is 4.55. The van der Waals surface area contributed by atoms with Gasteiger partial charge >= 0.3 is 5.97 Å². The van der Waals surface area contributed by atoms with Gasteiger partial charge in [-0.2, -0.15) is 0 Å². The van der Waals surface area contributed by atoms with Gasteiger partial charge in [-0.15, -0.1) is 11.3 Å². The van der Waals surface area contributed by atoms with E-state index in [2.05, 4.69) is 9.97 Å². The second-order valence-corrected chi connectivity index (χ2v) is 6.14. The summed E-state index contributed by atoms with van der Waals surface area (Å²) in [5, 5.41) is 0.593. The van der Waals surface area contributed by atoms with Gasteiger partial charge in [0.05, 0.1) is 11.6 Å². The van der Waals surface area contributed by atoms with E-state index in [0.29, 0.717) is 16.0 Å². The molecule has 1 atom stereocenters. The van der Waals surface area contributed by atoms with Crippen molar-refractivity contribution in [2.45, 2.75) is 26.9 Å². The third-order valence-electron chi connectivity index (χ3n) is 3.45. The van der Waals surface area contributed by atoms with Crippen LogP contribution >= 0.6 is 11.3 Å². The number of rotatable bonds is 3. The largest absolute Gasteiger partial charge is 0.457 e. The molecule has 0 amide bonds. The molecule has 1 N–H and O–H groups in total. The van der Waals surface area contributed by atoms with Gasteiger partial charge < -0.3 is 14.1 Å². The van der Waals surface area contributed by atoms with E-state index in [9.17, 15) is 9.59 Å². The van der Waals surface area contributed by atoms with E-state index in [4.69, 9.17) is 9.15 Å². The van der Waals surface area contributed by atoms with Crippen LogP contribution in [0.15, 0.2) is 27.6 Å². The number of esters is 1. The molecule has 0 saturated heterocycles. The second-order valence-electron chi connectivity index (χ2n) is 4.94. The summed E-state index contributed by atoms with van der Waals surface area (Å²) in [5.74, 6) is -0.171. The van der Waals surface area contributed by atoms with E-state index < -0.39 is 12.1 Å². The van der Waals surface area contributed by atoms with Gasteiger partial charge in [0.15, 0.2) is 11.9 Å². The van der Waals surface area contributed by atoms with E-state index in [1.54, 1.807) is 13.0 Å². The van der Waals surface area contributed by atoms with Crippen LogP contribution in [0, 0.1) is 13.8 Å². The fourth-order valence-corrected chi connectivity index (χ4v) is 3.17. The fourth-order valence-electron chi connectivity index (χ4n) is 2.13. The standard InChI is InChI=1S/C15H14N2O4S/c1-7-9(3)22-14-11(7)13(18)16-12(17-14)8(2)21-15(19)10-5-4-6-20-10/h4-6,8H,1-3H3,(H,16,17,18)/t8-/m0/s1. The van der Waals surface area contributed by atoms with Crippen LogP contribution in [0.2, 0.25) is 0 Å². The zero-order valence-corrected chi connectivity index (χ0v) is 13.1. The lowest BCUT2D eigenvalue weighted by Gasteiger charge is -2.11. The van der Waals surface area contributed by atoms with Gasteiger partial charge in [-0.25, -0.2) is 9.78 Å². The van der Waals surface area contributed by atoms with Crippen LogP contribution in [0.1, 0.15) is 39.8 Å². The summed E-state index contributed by atoms with van der Waals surface area (Å²) in [7, 11) is 0. The number of aromatic amines is 1. The van der Waals surface area contributed by atoms with Gasteiger partial charge in [0.25, 0.3) is 5.56 Å². The van der Waals surface area contributed by atoms with E-state index in [0.717, 1.165) is 10.4 Å². The second kappa shape index (κ2) is 5.42. The number of aromatic nitrogens is 2. The Morgan fingerprint density at radius 3 is 2.91 bits per heavy atom. The fraction of sp³-hybridized carbons (Fsp3) is 0.267. The van der Waals surface area contributed by atoms with Crippen molar-refractivity contribution < 1.29 is 13.9 Å².